The zero-order valence-corrected chi connectivity index (χ0v) is 14.3. The van der Waals surface area contributed by atoms with Crippen LogP contribution in [0.1, 0.15) is 27.0 Å². The number of ether oxygens (including phenoxy) is 1. The van der Waals surface area contributed by atoms with Gasteiger partial charge in [0.15, 0.2) is 6.61 Å². The third kappa shape index (κ3) is 3.57. The fourth-order valence-corrected chi connectivity index (χ4v) is 3.02. The van der Waals surface area contributed by atoms with Gasteiger partial charge in [-0.05, 0) is 24.1 Å². The fraction of sp³-hybridized carbons (Fsp3) is 0.278. The van der Waals surface area contributed by atoms with Gasteiger partial charge in [-0.2, -0.15) is 13.2 Å². The number of nitrogen functional groups attached to an aromatic ring is 1. The topological polar surface area (TPSA) is 96.0 Å². The molecule has 144 valence electrons. The van der Waals surface area contributed by atoms with Crippen molar-refractivity contribution in [3.8, 4) is 17.2 Å². The number of phenols is 2. The van der Waals surface area contributed by atoms with Crippen molar-refractivity contribution in [2.45, 2.75) is 26.2 Å². The lowest BCUT2D eigenvalue weighted by Crippen LogP contribution is -2.27. The minimum atomic E-state index is -4.65. The Morgan fingerprint density at radius 1 is 1.26 bits per heavy atom. The number of carbonyl (C=O) groups is 1. The van der Waals surface area contributed by atoms with Crippen LogP contribution in [0.5, 0.6) is 17.2 Å². The summed E-state index contributed by atoms with van der Waals surface area (Å²) in [5.74, 6) is -2.36. The lowest BCUT2D eigenvalue weighted by molar-refractivity contribution is -0.153. The van der Waals surface area contributed by atoms with Gasteiger partial charge in [0.2, 0.25) is 0 Å². The van der Waals surface area contributed by atoms with E-state index in [-0.39, 0.29) is 18.7 Å². The predicted octanol–water partition coefficient (Wildman–Crippen LogP) is 3.09. The van der Waals surface area contributed by atoms with Crippen molar-refractivity contribution >= 4 is 11.6 Å². The summed E-state index contributed by atoms with van der Waals surface area (Å²) < 4.78 is 42.5. The number of anilines is 1. The SMILES string of the molecule is Cc1c(O)cc(O)c(C(=O)N2Cc3cccc(N)c3C2)c1OCC(F)(F)F. The van der Waals surface area contributed by atoms with Crippen molar-refractivity contribution in [2.75, 3.05) is 12.3 Å². The average molecular weight is 382 g/mol. The van der Waals surface area contributed by atoms with Gasteiger partial charge in [-0.1, -0.05) is 12.1 Å². The monoisotopic (exact) mass is 382 g/mol. The Morgan fingerprint density at radius 3 is 2.59 bits per heavy atom. The first-order chi connectivity index (χ1) is 12.6. The molecule has 0 saturated heterocycles. The highest BCUT2D eigenvalue weighted by atomic mass is 19.4. The van der Waals surface area contributed by atoms with Crippen LogP contribution in [-0.2, 0) is 13.1 Å². The maximum Gasteiger partial charge on any atom is 0.422 e. The molecule has 2 aromatic carbocycles. The van der Waals surface area contributed by atoms with Crippen LogP contribution in [-0.4, -0.2) is 33.8 Å². The number of hydrogen-bond acceptors (Lipinski definition) is 5. The van der Waals surface area contributed by atoms with Crippen LogP contribution >= 0.6 is 0 Å². The normalized spacial score (nSPS) is 13.6. The summed E-state index contributed by atoms with van der Waals surface area (Å²) in [4.78, 5) is 14.3. The van der Waals surface area contributed by atoms with E-state index in [2.05, 4.69) is 0 Å². The standard InChI is InChI=1S/C18H17F3N2O4/c1-9-13(24)5-14(25)15(16(9)27-8-18(19,20)21)17(26)23-6-10-3-2-4-12(22)11(10)7-23/h2-5,24-25H,6-8,22H2,1H3. The molecule has 0 atom stereocenters. The molecule has 4 N–H and O–H groups in total. The number of fused-ring (bicyclic) bond motifs is 1. The molecule has 2 aromatic rings. The second-order valence-corrected chi connectivity index (χ2v) is 6.29. The second kappa shape index (κ2) is 6.57. The molecule has 0 aliphatic carbocycles. The van der Waals surface area contributed by atoms with Crippen LogP contribution in [0.3, 0.4) is 0 Å². The van der Waals surface area contributed by atoms with Crippen LogP contribution in [0.2, 0.25) is 0 Å². The maximum atomic E-state index is 12.9. The van der Waals surface area contributed by atoms with Gasteiger partial charge in [0.1, 0.15) is 22.8 Å². The zero-order chi connectivity index (χ0) is 19.9. The number of halogens is 3. The van der Waals surface area contributed by atoms with Gasteiger partial charge in [-0.25, -0.2) is 0 Å². The molecule has 0 saturated carbocycles. The smallest absolute Gasteiger partial charge is 0.422 e. The van der Waals surface area contributed by atoms with Crippen molar-refractivity contribution in [1.82, 2.24) is 4.90 Å². The van der Waals surface area contributed by atoms with Crippen molar-refractivity contribution in [3.05, 3.63) is 46.5 Å². The molecule has 0 bridgehead atoms. The number of alkyl halides is 3. The van der Waals surface area contributed by atoms with Crippen LogP contribution in [0.15, 0.2) is 24.3 Å². The molecule has 0 radical (unpaired) electrons. The van der Waals surface area contributed by atoms with Crippen LogP contribution in [0.4, 0.5) is 18.9 Å². The zero-order valence-electron chi connectivity index (χ0n) is 14.3. The van der Waals surface area contributed by atoms with Gasteiger partial charge < -0.3 is 25.6 Å². The van der Waals surface area contributed by atoms with Crippen LogP contribution < -0.4 is 10.5 Å². The number of rotatable bonds is 3. The summed E-state index contributed by atoms with van der Waals surface area (Å²) in [5, 5.41) is 19.9. The van der Waals surface area contributed by atoms with Gasteiger partial charge in [0, 0.05) is 30.4 Å². The van der Waals surface area contributed by atoms with Gasteiger partial charge in [-0.15, -0.1) is 0 Å². The Kier molecular flexibility index (Phi) is 4.54. The Balaban J connectivity index is 1.97. The Hall–Kier alpha value is -3.10. The van der Waals surface area contributed by atoms with E-state index in [4.69, 9.17) is 10.5 Å². The van der Waals surface area contributed by atoms with Crippen LogP contribution in [0.25, 0.3) is 0 Å². The first-order valence-electron chi connectivity index (χ1n) is 7.99. The van der Waals surface area contributed by atoms with Crippen LogP contribution in [0, 0.1) is 6.92 Å². The molecule has 0 aromatic heterocycles. The minimum Gasteiger partial charge on any atom is -0.507 e. The van der Waals surface area contributed by atoms with Crippen molar-refractivity contribution < 1.29 is 32.9 Å². The van der Waals surface area contributed by atoms with Crippen molar-refractivity contribution in [3.63, 3.8) is 0 Å². The van der Waals surface area contributed by atoms with Gasteiger partial charge in [-0.3, -0.25) is 4.79 Å². The third-order valence-corrected chi connectivity index (χ3v) is 4.38. The predicted molar refractivity (Wildman–Crippen MR) is 90.5 cm³/mol. The molecule has 1 aliphatic heterocycles. The molecule has 3 rings (SSSR count). The summed E-state index contributed by atoms with van der Waals surface area (Å²) in [6, 6.07) is 6.12. The summed E-state index contributed by atoms with van der Waals surface area (Å²) in [5.41, 5.74) is 7.47. The van der Waals surface area contributed by atoms with E-state index >= 15 is 0 Å². The van der Waals surface area contributed by atoms with E-state index < -0.39 is 41.5 Å². The molecule has 1 amide bonds. The van der Waals surface area contributed by atoms with E-state index in [0.717, 1.165) is 17.2 Å². The maximum absolute atomic E-state index is 12.9. The number of aromatic hydroxyl groups is 2. The van der Waals surface area contributed by atoms with Gasteiger partial charge in [0.05, 0.1) is 0 Å². The molecule has 1 aliphatic rings. The Labute approximate surface area is 152 Å². The first kappa shape index (κ1) is 18.7. The average Bonchev–Trinajstić information content (AvgIpc) is 3.01. The number of benzene rings is 2. The quantitative estimate of drug-likeness (QED) is 0.709. The molecule has 0 unspecified atom stereocenters. The van der Waals surface area contributed by atoms with E-state index in [9.17, 15) is 28.2 Å². The van der Waals surface area contributed by atoms with Crippen molar-refractivity contribution in [1.29, 1.82) is 0 Å². The summed E-state index contributed by atoms with van der Waals surface area (Å²) in [7, 11) is 0. The lowest BCUT2D eigenvalue weighted by atomic mass is 10.1. The molecule has 0 spiro atoms. The molecule has 27 heavy (non-hydrogen) atoms. The van der Waals surface area contributed by atoms with E-state index in [1.54, 1.807) is 18.2 Å². The number of hydrogen-bond donors (Lipinski definition) is 3. The number of carbonyl (C=O) groups excluding carboxylic acids is 1. The second-order valence-electron chi connectivity index (χ2n) is 6.29. The number of phenolic OH excluding ortho intramolecular Hbond substituents is 2. The van der Waals surface area contributed by atoms with E-state index in [0.29, 0.717) is 5.69 Å². The lowest BCUT2D eigenvalue weighted by Gasteiger charge is -2.21. The number of amides is 1. The molecule has 6 nitrogen and oxygen atoms in total. The molecule has 1 heterocycles. The molecule has 9 heteroatoms. The summed E-state index contributed by atoms with van der Waals surface area (Å²) >= 11 is 0. The third-order valence-electron chi connectivity index (χ3n) is 4.38. The fourth-order valence-electron chi connectivity index (χ4n) is 3.02. The largest absolute Gasteiger partial charge is 0.507 e. The first-order valence-corrected chi connectivity index (χ1v) is 7.99. The van der Waals surface area contributed by atoms with Crippen molar-refractivity contribution in [2.24, 2.45) is 0 Å². The molecule has 0 fully saturated rings. The Morgan fingerprint density at radius 2 is 1.96 bits per heavy atom. The summed E-state index contributed by atoms with van der Waals surface area (Å²) in [6.45, 7) is -0.0195. The molecular weight excluding hydrogens is 365 g/mol. The Bertz CT molecular complexity index is 912. The van der Waals surface area contributed by atoms with Gasteiger partial charge in [0.25, 0.3) is 5.91 Å². The summed E-state index contributed by atoms with van der Waals surface area (Å²) in [6.07, 6.45) is -4.65. The number of nitrogens with two attached hydrogens (primary N) is 1. The van der Waals surface area contributed by atoms with E-state index in [1.807, 2.05) is 0 Å². The van der Waals surface area contributed by atoms with E-state index in [1.165, 1.54) is 11.8 Å². The highest BCUT2D eigenvalue weighted by molar-refractivity contribution is 6.00. The highest BCUT2D eigenvalue weighted by Crippen LogP contribution is 2.40. The highest BCUT2D eigenvalue weighted by Gasteiger charge is 2.34. The van der Waals surface area contributed by atoms with Gasteiger partial charge >= 0.3 is 6.18 Å². The molecular formula is C18H17F3N2O4. The number of nitrogens with zero attached hydrogens (tertiary/aromatic N) is 1. The minimum absolute atomic E-state index is 0.0726.